The highest BCUT2D eigenvalue weighted by Gasteiger charge is 2.27. The molecule has 0 radical (unpaired) electrons. The molecule has 32 heavy (non-hydrogen) atoms. The molecule has 0 bridgehead atoms. The number of carboxylic acids is 1. The van der Waals surface area contributed by atoms with Crippen molar-refractivity contribution < 1.29 is 28.6 Å². The number of ether oxygens (including phenoxy) is 1. The molecule has 1 aromatic heterocycles. The molecule has 0 aliphatic carbocycles. The van der Waals surface area contributed by atoms with Crippen molar-refractivity contribution in [2.75, 3.05) is 6.54 Å². The van der Waals surface area contributed by atoms with Crippen LogP contribution in [-0.4, -0.2) is 52.1 Å². The van der Waals surface area contributed by atoms with Crippen molar-refractivity contribution >= 4 is 23.8 Å². The molecule has 1 heterocycles. The summed E-state index contributed by atoms with van der Waals surface area (Å²) in [5.41, 5.74) is 4.70. The van der Waals surface area contributed by atoms with Crippen molar-refractivity contribution in [3.63, 3.8) is 0 Å². The molecule has 1 rings (SSSR count). The molecule has 0 saturated carbocycles. The molecule has 5 N–H and O–H groups in total. The lowest BCUT2D eigenvalue weighted by Gasteiger charge is -2.23. The summed E-state index contributed by atoms with van der Waals surface area (Å²) in [5.74, 6) is -1.12. The summed E-state index contributed by atoms with van der Waals surface area (Å²) in [6.45, 7) is 11.2. The van der Waals surface area contributed by atoms with Gasteiger partial charge < -0.3 is 30.6 Å². The second-order valence-electron chi connectivity index (χ2n) is 8.93. The van der Waals surface area contributed by atoms with Crippen LogP contribution in [0.3, 0.4) is 0 Å². The number of nitrogens with two attached hydrogens (primary N) is 1. The zero-order valence-electron chi connectivity index (χ0n) is 19.6. The third-order valence-electron chi connectivity index (χ3n) is 4.07. The van der Waals surface area contributed by atoms with Crippen LogP contribution in [0, 0.1) is 5.92 Å². The van der Waals surface area contributed by atoms with Crippen molar-refractivity contribution in [2.24, 2.45) is 16.6 Å². The lowest BCUT2D eigenvalue weighted by atomic mass is 10.0. The minimum absolute atomic E-state index is 0.0816. The van der Waals surface area contributed by atoms with Gasteiger partial charge in [-0.15, -0.1) is 0 Å². The molecule has 0 saturated heterocycles. The summed E-state index contributed by atoms with van der Waals surface area (Å²) in [4.78, 5) is 44.4. The smallest absolute Gasteiger partial charge is 0.408 e. The van der Waals surface area contributed by atoms with Gasteiger partial charge in [0.2, 0.25) is 5.89 Å². The highest BCUT2D eigenvalue weighted by molar-refractivity contribution is 5.94. The first kappa shape index (κ1) is 26.9. The number of aliphatic carboxylic acids is 1. The van der Waals surface area contributed by atoms with E-state index in [0.29, 0.717) is 25.2 Å². The standard InChI is InChI=1S/C21H35N5O6/c1-12(2)10-15(26-20(30)32-21(4,5)6)18-25-16(11-31-18)17(27)24-14(19(28)29)8-7-9-23-13(3)22/h11-12,14-15H,7-10H2,1-6H3,(H2,22,23)(H,24,27)(H,26,30)(H,28,29)/t14-,15-/m0/s1. The summed E-state index contributed by atoms with van der Waals surface area (Å²) in [6.07, 6.45) is 1.62. The first-order valence-electron chi connectivity index (χ1n) is 10.5. The number of carbonyl (C=O) groups excluding carboxylic acids is 2. The number of nitrogens with one attached hydrogen (secondary N) is 2. The zero-order valence-corrected chi connectivity index (χ0v) is 19.6. The van der Waals surface area contributed by atoms with Crippen LogP contribution >= 0.6 is 0 Å². The summed E-state index contributed by atoms with van der Waals surface area (Å²) in [6, 6.07) is -1.72. The molecule has 0 unspecified atom stereocenters. The summed E-state index contributed by atoms with van der Waals surface area (Å²) >= 11 is 0. The first-order chi connectivity index (χ1) is 14.8. The topological polar surface area (TPSA) is 169 Å². The zero-order chi connectivity index (χ0) is 24.5. The third kappa shape index (κ3) is 10.3. The van der Waals surface area contributed by atoms with E-state index in [1.807, 2.05) is 13.8 Å². The van der Waals surface area contributed by atoms with E-state index in [-0.39, 0.29) is 23.9 Å². The number of carboxylic acid groups (broad SMARTS) is 1. The largest absolute Gasteiger partial charge is 0.480 e. The second kappa shape index (κ2) is 12.1. The number of aromatic nitrogens is 1. The van der Waals surface area contributed by atoms with Crippen LogP contribution in [0.5, 0.6) is 0 Å². The molecule has 2 atom stereocenters. The van der Waals surface area contributed by atoms with Crippen LogP contribution in [0.1, 0.15) is 83.2 Å². The molecule has 1 aromatic rings. The van der Waals surface area contributed by atoms with Gasteiger partial charge in [0.25, 0.3) is 5.91 Å². The van der Waals surface area contributed by atoms with E-state index in [9.17, 15) is 19.5 Å². The van der Waals surface area contributed by atoms with E-state index in [2.05, 4.69) is 20.6 Å². The van der Waals surface area contributed by atoms with Crippen molar-refractivity contribution in [3.05, 3.63) is 17.8 Å². The van der Waals surface area contributed by atoms with Crippen molar-refractivity contribution in [3.8, 4) is 0 Å². The van der Waals surface area contributed by atoms with Gasteiger partial charge in [-0.1, -0.05) is 13.8 Å². The normalized spacial score (nSPS) is 14.0. The van der Waals surface area contributed by atoms with Crippen LogP contribution < -0.4 is 16.4 Å². The van der Waals surface area contributed by atoms with E-state index in [4.69, 9.17) is 14.9 Å². The molecule has 180 valence electrons. The SMILES string of the molecule is CC(N)=NCCC[C@H](NC(=O)c1coc([C@H](CC(C)C)NC(=O)OC(C)(C)C)n1)C(=O)O. The van der Waals surface area contributed by atoms with Gasteiger partial charge in [-0.05, 0) is 52.9 Å². The first-order valence-corrected chi connectivity index (χ1v) is 10.5. The molecular formula is C21H35N5O6. The van der Waals surface area contributed by atoms with Crippen LogP contribution in [-0.2, 0) is 9.53 Å². The van der Waals surface area contributed by atoms with Gasteiger partial charge in [-0.2, -0.15) is 0 Å². The number of carbonyl (C=O) groups is 3. The molecule has 0 spiro atoms. The summed E-state index contributed by atoms with van der Waals surface area (Å²) < 4.78 is 10.7. The summed E-state index contributed by atoms with van der Waals surface area (Å²) in [5, 5.41) is 14.5. The van der Waals surface area contributed by atoms with Crippen LogP contribution in [0.25, 0.3) is 0 Å². The predicted octanol–water partition coefficient (Wildman–Crippen LogP) is 2.63. The number of oxazole rings is 1. The third-order valence-corrected chi connectivity index (χ3v) is 4.07. The lowest BCUT2D eigenvalue weighted by Crippen LogP contribution is -2.41. The lowest BCUT2D eigenvalue weighted by molar-refractivity contribution is -0.139. The Morgan fingerprint density at radius 2 is 1.94 bits per heavy atom. The molecule has 0 aromatic carbocycles. The molecule has 0 aliphatic rings. The highest BCUT2D eigenvalue weighted by atomic mass is 16.6. The minimum Gasteiger partial charge on any atom is -0.480 e. The second-order valence-corrected chi connectivity index (χ2v) is 8.93. The Morgan fingerprint density at radius 1 is 1.28 bits per heavy atom. The summed E-state index contributed by atoms with van der Waals surface area (Å²) in [7, 11) is 0. The van der Waals surface area contributed by atoms with Crippen LogP contribution in [0.15, 0.2) is 15.7 Å². The van der Waals surface area contributed by atoms with E-state index < -0.39 is 35.7 Å². The number of rotatable bonds is 11. The van der Waals surface area contributed by atoms with Gasteiger partial charge in [0.1, 0.15) is 23.9 Å². The molecule has 11 nitrogen and oxygen atoms in total. The molecule has 0 aliphatic heterocycles. The number of aliphatic imine (C=N–C) groups is 1. The van der Waals surface area contributed by atoms with Crippen molar-refractivity contribution in [1.82, 2.24) is 15.6 Å². The minimum atomic E-state index is -1.17. The highest BCUT2D eigenvalue weighted by Crippen LogP contribution is 2.22. The average Bonchev–Trinajstić information content (AvgIpc) is 3.11. The Bertz CT molecular complexity index is 808. The maximum atomic E-state index is 12.5. The van der Waals surface area contributed by atoms with E-state index in [1.165, 1.54) is 0 Å². The van der Waals surface area contributed by atoms with Crippen LogP contribution in [0.4, 0.5) is 4.79 Å². The Morgan fingerprint density at radius 3 is 2.47 bits per heavy atom. The predicted molar refractivity (Wildman–Crippen MR) is 118 cm³/mol. The maximum Gasteiger partial charge on any atom is 0.408 e. The maximum absolute atomic E-state index is 12.5. The number of alkyl carbamates (subject to hydrolysis) is 1. The Kier molecular flexibility index (Phi) is 10.1. The Labute approximate surface area is 188 Å². The number of hydrogen-bond acceptors (Lipinski definition) is 7. The van der Waals surface area contributed by atoms with Gasteiger partial charge in [-0.3, -0.25) is 9.79 Å². The number of amides is 2. The van der Waals surface area contributed by atoms with Crippen molar-refractivity contribution in [2.45, 2.75) is 78.5 Å². The molecule has 2 amide bonds. The quantitative estimate of drug-likeness (QED) is 0.225. The van der Waals surface area contributed by atoms with Gasteiger partial charge in [0.05, 0.1) is 5.84 Å². The molecule has 11 heteroatoms. The van der Waals surface area contributed by atoms with Gasteiger partial charge in [0, 0.05) is 6.54 Å². The van der Waals surface area contributed by atoms with Gasteiger partial charge in [0.15, 0.2) is 5.69 Å². The van der Waals surface area contributed by atoms with E-state index >= 15 is 0 Å². The number of nitrogens with zero attached hydrogens (tertiary/aromatic N) is 2. The molecule has 0 fully saturated rings. The fourth-order valence-electron chi connectivity index (χ4n) is 2.74. The van der Waals surface area contributed by atoms with Gasteiger partial charge in [-0.25, -0.2) is 14.6 Å². The van der Waals surface area contributed by atoms with Crippen LogP contribution in [0.2, 0.25) is 0 Å². The fourth-order valence-corrected chi connectivity index (χ4v) is 2.74. The molecular weight excluding hydrogens is 418 g/mol. The average molecular weight is 454 g/mol. The number of hydrogen-bond donors (Lipinski definition) is 4. The van der Waals surface area contributed by atoms with E-state index in [0.717, 1.165) is 6.26 Å². The van der Waals surface area contributed by atoms with Crippen molar-refractivity contribution in [1.29, 1.82) is 0 Å². The number of amidine groups is 1. The fraction of sp³-hybridized carbons (Fsp3) is 0.667. The Balaban J connectivity index is 2.85. The van der Waals surface area contributed by atoms with Gasteiger partial charge >= 0.3 is 12.1 Å². The Hall–Kier alpha value is -3.11. The monoisotopic (exact) mass is 453 g/mol. The van der Waals surface area contributed by atoms with E-state index in [1.54, 1.807) is 27.7 Å².